The van der Waals surface area contributed by atoms with Crippen molar-refractivity contribution < 1.29 is 0 Å². The molecule has 5 nitrogen and oxygen atoms in total. The van der Waals surface area contributed by atoms with Crippen LogP contribution in [-0.2, 0) is 0 Å². The third-order valence-corrected chi connectivity index (χ3v) is 4.18. The maximum Gasteiger partial charge on any atom is 0.138 e. The van der Waals surface area contributed by atoms with Crippen LogP contribution in [0, 0.1) is 12.3 Å². The van der Waals surface area contributed by atoms with Crippen LogP contribution in [0.5, 0.6) is 0 Å². The summed E-state index contributed by atoms with van der Waals surface area (Å²) >= 11 is 0. The molecular weight excluding hydrogens is 334 g/mol. The minimum atomic E-state index is 0.351. The molecular formula is C22H23N5. The zero-order valence-electron chi connectivity index (χ0n) is 15.7. The van der Waals surface area contributed by atoms with Crippen LogP contribution in [0.15, 0.2) is 65.7 Å². The van der Waals surface area contributed by atoms with E-state index in [1.807, 2.05) is 55.5 Å². The highest BCUT2D eigenvalue weighted by molar-refractivity contribution is 6.45. The first kappa shape index (κ1) is 18.3. The maximum atomic E-state index is 8.04. The standard InChI is InChI=1S/C22H23N5/c1-4-5-6-7-17(23)15(3)25-19-11-9-16(13-18(19)24)22-26-20-10-8-14(2)12-21(20)27-22/h4-13,23H,24H2,1-3H3,(H,26,27)/b5-4-,7-6-,23-17?,25-15?. The summed E-state index contributed by atoms with van der Waals surface area (Å²) in [7, 11) is 0. The summed E-state index contributed by atoms with van der Waals surface area (Å²) < 4.78 is 0. The van der Waals surface area contributed by atoms with E-state index in [0.717, 1.165) is 22.4 Å². The second-order valence-electron chi connectivity index (χ2n) is 6.38. The summed E-state index contributed by atoms with van der Waals surface area (Å²) in [5.74, 6) is 0.775. The number of benzene rings is 2. The minimum Gasteiger partial charge on any atom is -0.397 e. The summed E-state index contributed by atoms with van der Waals surface area (Å²) in [6, 6.07) is 11.8. The fourth-order valence-corrected chi connectivity index (χ4v) is 2.69. The van der Waals surface area contributed by atoms with Crippen molar-refractivity contribution in [3.05, 3.63) is 66.3 Å². The van der Waals surface area contributed by atoms with Crippen LogP contribution in [0.4, 0.5) is 11.4 Å². The van der Waals surface area contributed by atoms with E-state index in [-0.39, 0.29) is 0 Å². The van der Waals surface area contributed by atoms with E-state index in [2.05, 4.69) is 28.0 Å². The predicted octanol–water partition coefficient (Wildman–Crippen LogP) is 5.36. The third kappa shape index (κ3) is 4.20. The minimum absolute atomic E-state index is 0.351. The molecule has 1 heterocycles. The summed E-state index contributed by atoms with van der Waals surface area (Å²) in [5.41, 5.74) is 12.4. The van der Waals surface area contributed by atoms with Crippen molar-refractivity contribution in [3.8, 4) is 11.4 Å². The molecule has 3 aromatic rings. The van der Waals surface area contributed by atoms with Crippen molar-refractivity contribution in [2.24, 2.45) is 4.99 Å². The van der Waals surface area contributed by atoms with Crippen molar-refractivity contribution in [1.29, 1.82) is 5.41 Å². The predicted molar refractivity (Wildman–Crippen MR) is 115 cm³/mol. The number of aliphatic imine (C=N–C) groups is 1. The fourth-order valence-electron chi connectivity index (χ4n) is 2.69. The Balaban J connectivity index is 1.88. The molecule has 0 saturated heterocycles. The number of fused-ring (bicyclic) bond motifs is 1. The molecule has 0 atom stereocenters. The lowest BCUT2D eigenvalue weighted by molar-refractivity contribution is 1.33. The average molecular weight is 357 g/mol. The van der Waals surface area contributed by atoms with Crippen molar-refractivity contribution in [2.75, 3.05) is 5.73 Å². The Labute approximate surface area is 158 Å². The number of aromatic amines is 1. The van der Waals surface area contributed by atoms with Gasteiger partial charge in [-0.3, -0.25) is 5.41 Å². The van der Waals surface area contributed by atoms with Crippen molar-refractivity contribution in [2.45, 2.75) is 20.8 Å². The van der Waals surface area contributed by atoms with E-state index in [9.17, 15) is 0 Å². The first-order valence-corrected chi connectivity index (χ1v) is 8.78. The number of anilines is 1. The second-order valence-corrected chi connectivity index (χ2v) is 6.38. The van der Waals surface area contributed by atoms with Gasteiger partial charge in [-0.25, -0.2) is 9.98 Å². The first-order chi connectivity index (χ1) is 13.0. The molecule has 4 N–H and O–H groups in total. The Bertz CT molecular complexity index is 1080. The molecule has 0 amide bonds. The third-order valence-electron chi connectivity index (χ3n) is 4.18. The lowest BCUT2D eigenvalue weighted by atomic mass is 10.1. The van der Waals surface area contributed by atoms with Gasteiger partial charge in [0, 0.05) is 5.56 Å². The molecule has 0 aliphatic carbocycles. The Hall–Kier alpha value is -3.47. The Morgan fingerprint density at radius 1 is 1.19 bits per heavy atom. The van der Waals surface area contributed by atoms with Crippen molar-refractivity contribution in [3.63, 3.8) is 0 Å². The molecule has 0 saturated carbocycles. The molecule has 136 valence electrons. The number of nitrogens with zero attached hydrogens (tertiary/aromatic N) is 2. The molecule has 0 aliphatic rings. The summed E-state index contributed by atoms with van der Waals surface area (Å²) in [4.78, 5) is 12.5. The lowest BCUT2D eigenvalue weighted by Crippen LogP contribution is -2.05. The highest BCUT2D eigenvalue weighted by Gasteiger charge is 2.08. The van der Waals surface area contributed by atoms with Gasteiger partial charge in [0.25, 0.3) is 0 Å². The number of hydrogen-bond donors (Lipinski definition) is 3. The van der Waals surface area contributed by atoms with Gasteiger partial charge >= 0.3 is 0 Å². The maximum absolute atomic E-state index is 8.04. The van der Waals surface area contributed by atoms with Crippen LogP contribution < -0.4 is 5.73 Å². The zero-order chi connectivity index (χ0) is 19.4. The van der Waals surface area contributed by atoms with Gasteiger partial charge < -0.3 is 10.7 Å². The number of imidazole rings is 1. The molecule has 0 radical (unpaired) electrons. The molecule has 27 heavy (non-hydrogen) atoms. The zero-order valence-corrected chi connectivity index (χ0v) is 15.7. The van der Waals surface area contributed by atoms with Crippen molar-refractivity contribution in [1.82, 2.24) is 9.97 Å². The topological polar surface area (TPSA) is 90.9 Å². The Morgan fingerprint density at radius 3 is 2.74 bits per heavy atom. The number of aromatic nitrogens is 2. The van der Waals surface area contributed by atoms with Crippen LogP contribution in [0.25, 0.3) is 22.4 Å². The number of nitrogen functional groups attached to an aromatic ring is 1. The summed E-state index contributed by atoms with van der Waals surface area (Å²) in [6.07, 6.45) is 7.31. The normalized spacial score (nSPS) is 12.5. The summed E-state index contributed by atoms with van der Waals surface area (Å²) in [5, 5.41) is 8.04. The highest BCUT2D eigenvalue weighted by Crippen LogP contribution is 2.29. The molecule has 2 aromatic carbocycles. The number of hydrogen-bond acceptors (Lipinski definition) is 4. The van der Waals surface area contributed by atoms with E-state index in [4.69, 9.17) is 11.1 Å². The van der Waals surface area contributed by atoms with Gasteiger partial charge in [0.2, 0.25) is 0 Å². The number of nitrogens with one attached hydrogen (secondary N) is 2. The molecule has 5 heteroatoms. The van der Waals surface area contributed by atoms with Gasteiger partial charge in [0.15, 0.2) is 0 Å². The van der Waals surface area contributed by atoms with Gasteiger partial charge in [-0.15, -0.1) is 0 Å². The number of H-pyrrole nitrogens is 1. The smallest absolute Gasteiger partial charge is 0.138 e. The number of allylic oxidation sites excluding steroid dienone is 4. The summed E-state index contributed by atoms with van der Waals surface area (Å²) in [6.45, 7) is 5.79. The Morgan fingerprint density at radius 2 is 2.00 bits per heavy atom. The van der Waals surface area contributed by atoms with E-state index in [1.165, 1.54) is 5.56 Å². The van der Waals surface area contributed by atoms with Crippen molar-refractivity contribution >= 4 is 33.8 Å². The monoisotopic (exact) mass is 357 g/mol. The highest BCUT2D eigenvalue weighted by atomic mass is 14.9. The van der Waals surface area contributed by atoms with E-state index in [0.29, 0.717) is 22.8 Å². The molecule has 0 aliphatic heterocycles. The van der Waals surface area contributed by atoms with Gasteiger partial charge in [0.05, 0.1) is 33.8 Å². The number of rotatable bonds is 5. The van der Waals surface area contributed by atoms with Crippen LogP contribution in [-0.4, -0.2) is 21.4 Å². The molecule has 1 aromatic heterocycles. The second kappa shape index (κ2) is 7.83. The quantitative estimate of drug-likeness (QED) is 0.326. The molecule has 0 unspecified atom stereocenters. The first-order valence-electron chi connectivity index (χ1n) is 8.78. The number of nitrogens with two attached hydrogens (primary N) is 1. The largest absolute Gasteiger partial charge is 0.397 e. The van der Waals surface area contributed by atoms with E-state index in [1.54, 1.807) is 13.0 Å². The fraction of sp³-hybridized carbons (Fsp3) is 0.136. The molecule has 3 rings (SSSR count). The Kier molecular flexibility index (Phi) is 5.31. The van der Waals surface area contributed by atoms with Gasteiger partial charge in [0.1, 0.15) is 5.82 Å². The lowest BCUT2D eigenvalue weighted by Gasteiger charge is -2.05. The van der Waals surface area contributed by atoms with Gasteiger partial charge in [-0.2, -0.15) is 0 Å². The molecule has 0 bridgehead atoms. The van der Waals surface area contributed by atoms with Crippen LogP contribution in [0.1, 0.15) is 19.4 Å². The molecule has 0 fully saturated rings. The van der Waals surface area contributed by atoms with Crippen LogP contribution in [0.2, 0.25) is 0 Å². The van der Waals surface area contributed by atoms with Crippen LogP contribution >= 0.6 is 0 Å². The van der Waals surface area contributed by atoms with Gasteiger partial charge in [-0.05, 0) is 62.7 Å². The SMILES string of the molecule is C/C=C\C=C/C(=N)C(C)=Nc1ccc(-c2nc3ccc(C)cc3[nH]2)cc1N. The van der Waals surface area contributed by atoms with E-state index >= 15 is 0 Å². The van der Waals surface area contributed by atoms with Crippen LogP contribution in [0.3, 0.4) is 0 Å². The van der Waals surface area contributed by atoms with Gasteiger partial charge in [-0.1, -0.05) is 24.3 Å². The molecule has 0 spiro atoms. The van der Waals surface area contributed by atoms with E-state index < -0.39 is 0 Å². The number of aryl methyl sites for hydroxylation is 1. The average Bonchev–Trinajstić information content (AvgIpc) is 3.06.